The van der Waals surface area contributed by atoms with Gasteiger partial charge in [-0.15, -0.1) is 0 Å². The van der Waals surface area contributed by atoms with Gasteiger partial charge in [0.15, 0.2) is 0 Å². The molecule has 0 saturated heterocycles. The molecular formula is C7H12N2O2. The number of nitrogens with zero attached hydrogens (tertiary/aromatic N) is 1. The average molecular weight is 156 g/mol. The first kappa shape index (κ1) is 9.92. The summed E-state index contributed by atoms with van der Waals surface area (Å²) in [7, 11) is 0. The number of nitrogens with one attached hydrogen (secondary N) is 1. The summed E-state index contributed by atoms with van der Waals surface area (Å²) in [4.78, 5) is 10.8. The molecule has 0 aliphatic heterocycles. The second-order valence-corrected chi connectivity index (χ2v) is 2.44. The predicted octanol–water partition coefficient (Wildman–Crippen LogP) is -0.357. The lowest BCUT2D eigenvalue weighted by Crippen LogP contribution is -2.33. The van der Waals surface area contributed by atoms with Crippen molar-refractivity contribution in [2.75, 3.05) is 6.54 Å². The van der Waals surface area contributed by atoms with Crippen LogP contribution in [0, 0.1) is 17.2 Å². The van der Waals surface area contributed by atoms with Crippen LogP contribution in [0.15, 0.2) is 0 Å². The van der Waals surface area contributed by atoms with E-state index in [1.807, 2.05) is 0 Å². The fourth-order valence-electron chi connectivity index (χ4n) is 0.460. The van der Waals surface area contributed by atoms with Crippen molar-refractivity contribution in [2.24, 2.45) is 5.92 Å². The third-order valence-electron chi connectivity index (χ3n) is 1.16. The van der Waals surface area contributed by atoms with Gasteiger partial charge in [0.05, 0.1) is 12.2 Å². The van der Waals surface area contributed by atoms with Crippen molar-refractivity contribution >= 4 is 5.91 Å². The first-order valence-electron chi connectivity index (χ1n) is 3.43. The minimum atomic E-state index is -0.645. The van der Waals surface area contributed by atoms with E-state index in [9.17, 15) is 4.79 Å². The molecule has 0 radical (unpaired) electrons. The zero-order valence-corrected chi connectivity index (χ0v) is 6.66. The minimum Gasteiger partial charge on any atom is -0.392 e. The van der Waals surface area contributed by atoms with Gasteiger partial charge in [-0.05, 0) is 13.8 Å². The first-order chi connectivity index (χ1) is 5.07. The lowest BCUT2D eigenvalue weighted by molar-refractivity contribution is -0.123. The van der Waals surface area contributed by atoms with Crippen molar-refractivity contribution in [2.45, 2.75) is 20.0 Å². The molecule has 2 N–H and O–H groups in total. The van der Waals surface area contributed by atoms with Gasteiger partial charge in [-0.2, -0.15) is 5.26 Å². The smallest absolute Gasteiger partial charge is 0.237 e. The van der Waals surface area contributed by atoms with Gasteiger partial charge in [0.2, 0.25) is 5.91 Å². The van der Waals surface area contributed by atoms with Crippen molar-refractivity contribution in [1.29, 1.82) is 5.26 Å². The largest absolute Gasteiger partial charge is 0.392 e. The van der Waals surface area contributed by atoms with E-state index in [1.165, 1.54) is 6.92 Å². The zero-order valence-electron chi connectivity index (χ0n) is 6.66. The van der Waals surface area contributed by atoms with Gasteiger partial charge in [-0.3, -0.25) is 4.79 Å². The van der Waals surface area contributed by atoms with Crippen LogP contribution < -0.4 is 5.32 Å². The fourth-order valence-corrected chi connectivity index (χ4v) is 0.460. The zero-order chi connectivity index (χ0) is 8.85. The van der Waals surface area contributed by atoms with E-state index in [4.69, 9.17) is 10.4 Å². The Morgan fingerprint density at radius 3 is 2.64 bits per heavy atom. The molecule has 4 nitrogen and oxygen atoms in total. The lowest BCUT2D eigenvalue weighted by atomic mass is 10.2. The number of aliphatic hydroxyl groups is 1. The van der Waals surface area contributed by atoms with Gasteiger partial charge in [-0.25, -0.2) is 0 Å². The SMILES string of the molecule is CC(O)CNC(=O)C(C)C#N. The Balaban J connectivity index is 3.63. The summed E-state index contributed by atoms with van der Waals surface area (Å²) in [5, 5.41) is 19.5. The highest BCUT2D eigenvalue weighted by Gasteiger charge is 2.10. The van der Waals surface area contributed by atoms with E-state index >= 15 is 0 Å². The summed E-state index contributed by atoms with van der Waals surface area (Å²) >= 11 is 0. The number of amides is 1. The quantitative estimate of drug-likeness (QED) is 0.586. The van der Waals surface area contributed by atoms with Crippen molar-refractivity contribution in [3.05, 3.63) is 0 Å². The Bertz CT molecular complexity index is 172. The summed E-state index contributed by atoms with van der Waals surface area (Å²) in [6.45, 7) is 3.28. The number of nitriles is 1. The Morgan fingerprint density at radius 2 is 2.27 bits per heavy atom. The summed E-state index contributed by atoms with van der Waals surface area (Å²) in [5.74, 6) is -0.984. The van der Waals surface area contributed by atoms with E-state index in [-0.39, 0.29) is 12.5 Å². The third-order valence-corrected chi connectivity index (χ3v) is 1.16. The monoisotopic (exact) mass is 156 g/mol. The highest BCUT2D eigenvalue weighted by Crippen LogP contribution is 1.90. The molecule has 4 heteroatoms. The molecule has 0 saturated carbocycles. The summed E-state index contributed by atoms with van der Waals surface area (Å²) < 4.78 is 0. The van der Waals surface area contributed by atoms with Crippen molar-refractivity contribution in [1.82, 2.24) is 5.32 Å². The maximum Gasteiger partial charge on any atom is 0.237 e. The number of rotatable bonds is 3. The number of hydrogen-bond donors (Lipinski definition) is 2. The minimum absolute atomic E-state index is 0.199. The molecule has 0 bridgehead atoms. The van der Waals surface area contributed by atoms with E-state index in [0.717, 1.165) is 0 Å². The van der Waals surface area contributed by atoms with Crippen molar-refractivity contribution < 1.29 is 9.90 Å². The first-order valence-corrected chi connectivity index (χ1v) is 3.43. The third kappa shape index (κ3) is 4.34. The van der Waals surface area contributed by atoms with Crippen LogP contribution in [-0.2, 0) is 4.79 Å². The van der Waals surface area contributed by atoms with Crippen LogP contribution in [0.2, 0.25) is 0 Å². The highest BCUT2D eigenvalue weighted by atomic mass is 16.3. The van der Waals surface area contributed by atoms with E-state index in [2.05, 4.69) is 5.32 Å². The van der Waals surface area contributed by atoms with Crippen molar-refractivity contribution in [3.8, 4) is 6.07 Å². The number of carbonyl (C=O) groups is 1. The maximum atomic E-state index is 10.8. The Kier molecular flexibility index (Phi) is 4.23. The van der Waals surface area contributed by atoms with Crippen LogP contribution in [0.3, 0.4) is 0 Å². The van der Waals surface area contributed by atoms with Gasteiger partial charge in [0, 0.05) is 6.54 Å². The number of hydrogen-bond acceptors (Lipinski definition) is 3. The maximum absolute atomic E-state index is 10.8. The standard InChI is InChI=1S/C7H12N2O2/c1-5(3-8)7(11)9-4-6(2)10/h5-6,10H,4H2,1-2H3,(H,9,11). The molecule has 0 aliphatic rings. The molecule has 0 aromatic rings. The van der Waals surface area contributed by atoms with Crippen LogP contribution in [0.5, 0.6) is 0 Å². The molecule has 0 heterocycles. The van der Waals surface area contributed by atoms with Gasteiger partial charge >= 0.3 is 0 Å². The Labute approximate surface area is 65.8 Å². The molecule has 11 heavy (non-hydrogen) atoms. The topological polar surface area (TPSA) is 73.1 Å². The predicted molar refractivity (Wildman–Crippen MR) is 39.5 cm³/mol. The second kappa shape index (κ2) is 4.69. The fraction of sp³-hybridized carbons (Fsp3) is 0.714. The molecule has 2 atom stereocenters. The van der Waals surface area contributed by atoms with Crippen LogP contribution in [0.4, 0.5) is 0 Å². The molecular weight excluding hydrogens is 144 g/mol. The van der Waals surface area contributed by atoms with Crippen LogP contribution >= 0.6 is 0 Å². The van der Waals surface area contributed by atoms with E-state index < -0.39 is 12.0 Å². The number of aliphatic hydroxyl groups excluding tert-OH is 1. The van der Waals surface area contributed by atoms with E-state index in [1.54, 1.807) is 13.0 Å². The summed E-state index contributed by atoms with van der Waals surface area (Å²) in [5.41, 5.74) is 0. The molecule has 0 fully saturated rings. The summed E-state index contributed by atoms with van der Waals surface area (Å²) in [6.07, 6.45) is -0.565. The molecule has 2 unspecified atom stereocenters. The Hall–Kier alpha value is -1.08. The molecule has 0 aromatic heterocycles. The second-order valence-electron chi connectivity index (χ2n) is 2.44. The normalized spacial score (nSPS) is 14.7. The molecule has 0 aliphatic carbocycles. The van der Waals surface area contributed by atoms with Crippen LogP contribution in [0.25, 0.3) is 0 Å². The molecule has 0 aromatic carbocycles. The van der Waals surface area contributed by atoms with Gasteiger partial charge in [0.25, 0.3) is 0 Å². The molecule has 1 amide bonds. The van der Waals surface area contributed by atoms with Gasteiger partial charge in [0.1, 0.15) is 5.92 Å². The average Bonchev–Trinajstić information content (AvgIpc) is 1.98. The number of carbonyl (C=O) groups excluding carboxylic acids is 1. The van der Waals surface area contributed by atoms with Gasteiger partial charge < -0.3 is 10.4 Å². The Morgan fingerprint density at radius 1 is 1.73 bits per heavy atom. The van der Waals surface area contributed by atoms with E-state index in [0.29, 0.717) is 0 Å². The highest BCUT2D eigenvalue weighted by molar-refractivity contribution is 5.80. The van der Waals surface area contributed by atoms with Gasteiger partial charge in [-0.1, -0.05) is 0 Å². The molecule has 62 valence electrons. The molecule has 0 spiro atoms. The molecule has 0 rings (SSSR count). The summed E-state index contributed by atoms with van der Waals surface area (Å²) in [6, 6.07) is 1.79. The van der Waals surface area contributed by atoms with Crippen LogP contribution in [0.1, 0.15) is 13.8 Å². The van der Waals surface area contributed by atoms with Crippen molar-refractivity contribution in [3.63, 3.8) is 0 Å². The lowest BCUT2D eigenvalue weighted by Gasteiger charge is -2.07. The van der Waals surface area contributed by atoms with Crippen LogP contribution in [-0.4, -0.2) is 23.7 Å².